The van der Waals surface area contributed by atoms with Crippen molar-refractivity contribution in [2.75, 3.05) is 0 Å². The van der Waals surface area contributed by atoms with Crippen LogP contribution in [0.15, 0.2) is 42.5 Å². The van der Waals surface area contributed by atoms with E-state index in [9.17, 15) is 0 Å². The van der Waals surface area contributed by atoms with Crippen molar-refractivity contribution in [3.05, 3.63) is 48.0 Å². The molecule has 76 valence electrons. The van der Waals surface area contributed by atoms with Crippen molar-refractivity contribution in [2.24, 2.45) is 0 Å². The van der Waals surface area contributed by atoms with Gasteiger partial charge in [0.05, 0.1) is 0 Å². The van der Waals surface area contributed by atoms with E-state index >= 15 is 0 Å². The molecule has 0 N–H and O–H groups in total. The fraction of sp³-hybridized carbons (Fsp3) is 0.385. The second-order valence-corrected chi connectivity index (χ2v) is 5.36. The summed E-state index contributed by atoms with van der Waals surface area (Å²) in [5, 5.41) is 1.08. The molecule has 0 amide bonds. The van der Waals surface area contributed by atoms with Gasteiger partial charge in [0.15, 0.2) is 0 Å². The average molecular weight is 206 g/mol. The second kappa shape index (κ2) is 5.26. The van der Waals surface area contributed by atoms with E-state index in [4.69, 9.17) is 0 Å². The molecule has 1 heteroatoms. The summed E-state index contributed by atoms with van der Waals surface area (Å²) in [5.41, 5.74) is 2.64. The topological polar surface area (TPSA) is 0 Å². The van der Waals surface area contributed by atoms with Crippen molar-refractivity contribution >= 4 is 11.8 Å². The SMILES string of the molecule is C=C(C)C(C)SC(C)c1ccccc1. The van der Waals surface area contributed by atoms with Gasteiger partial charge in [-0.25, -0.2) is 0 Å². The molecule has 0 aliphatic carbocycles. The Bertz CT molecular complexity index is 289. The predicted octanol–water partition coefficient (Wildman–Crippen LogP) is 4.45. The quantitative estimate of drug-likeness (QED) is 0.656. The van der Waals surface area contributed by atoms with Crippen LogP contribution >= 0.6 is 11.8 Å². The number of hydrogen-bond acceptors (Lipinski definition) is 1. The van der Waals surface area contributed by atoms with Gasteiger partial charge in [0.25, 0.3) is 0 Å². The molecule has 0 fully saturated rings. The van der Waals surface area contributed by atoms with Crippen LogP contribution < -0.4 is 0 Å². The molecular weight excluding hydrogens is 188 g/mol. The summed E-state index contributed by atoms with van der Waals surface area (Å²) in [6.45, 7) is 10.5. The van der Waals surface area contributed by atoms with Crippen molar-refractivity contribution in [3.63, 3.8) is 0 Å². The largest absolute Gasteiger partial charge is 0.147 e. The summed E-state index contributed by atoms with van der Waals surface area (Å²) >= 11 is 1.96. The van der Waals surface area contributed by atoms with Gasteiger partial charge >= 0.3 is 0 Å². The molecule has 0 radical (unpaired) electrons. The van der Waals surface area contributed by atoms with Crippen LogP contribution in [0, 0.1) is 0 Å². The van der Waals surface area contributed by atoms with E-state index in [1.807, 2.05) is 11.8 Å². The summed E-state index contributed by atoms with van der Waals surface area (Å²) in [7, 11) is 0. The molecule has 0 spiro atoms. The first-order valence-electron chi connectivity index (χ1n) is 4.97. The minimum Gasteiger partial charge on any atom is -0.147 e. The first kappa shape index (κ1) is 11.4. The summed E-state index contributed by atoms with van der Waals surface area (Å²) < 4.78 is 0. The van der Waals surface area contributed by atoms with Crippen LogP contribution in [0.3, 0.4) is 0 Å². The minimum absolute atomic E-state index is 0.533. The first-order valence-corrected chi connectivity index (χ1v) is 5.91. The molecule has 0 aliphatic rings. The Morgan fingerprint density at radius 2 is 1.79 bits per heavy atom. The molecule has 0 aromatic heterocycles. The van der Waals surface area contributed by atoms with E-state index in [1.165, 1.54) is 11.1 Å². The molecule has 0 heterocycles. The highest BCUT2D eigenvalue weighted by Crippen LogP contribution is 2.33. The lowest BCUT2D eigenvalue weighted by molar-refractivity contribution is 1.05. The van der Waals surface area contributed by atoms with Gasteiger partial charge in [-0.15, -0.1) is 11.8 Å². The standard InChI is InChI=1S/C13H18S/c1-10(2)11(3)14-12(4)13-8-6-5-7-9-13/h5-9,11-12H,1H2,2-4H3. The van der Waals surface area contributed by atoms with E-state index in [-0.39, 0.29) is 0 Å². The van der Waals surface area contributed by atoms with Crippen LogP contribution in [0.2, 0.25) is 0 Å². The second-order valence-electron chi connectivity index (χ2n) is 3.68. The molecule has 0 nitrogen and oxygen atoms in total. The maximum absolute atomic E-state index is 3.98. The van der Waals surface area contributed by atoms with Crippen LogP contribution in [0.4, 0.5) is 0 Å². The van der Waals surface area contributed by atoms with E-state index in [0.717, 1.165) is 0 Å². The van der Waals surface area contributed by atoms with Crippen LogP contribution in [-0.4, -0.2) is 5.25 Å². The van der Waals surface area contributed by atoms with Gasteiger partial charge in [-0.1, -0.05) is 42.5 Å². The fourth-order valence-electron chi connectivity index (χ4n) is 1.22. The molecule has 2 atom stereocenters. The van der Waals surface area contributed by atoms with Crippen LogP contribution in [-0.2, 0) is 0 Å². The molecule has 1 rings (SSSR count). The summed E-state index contributed by atoms with van der Waals surface area (Å²) in [4.78, 5) is 0. The smallest absolute Gasteiger partial charge is 0.0274 e. The number of benzene rings is 1. The average Bonchev–Trinajstić information content (AvgIpc) is 2.19. The molecule has 0 saturated carbocycles. The van der Waals surface area contributed by atoms with E-state index in [1.54, 1.807) is 0 Å². The highest BCUT2D eigenvalue weighted by molar-refractivity contribution is 8.00. The molecule has 1 aromatic carbocycles. The molecule has 0 saturated heterocycles. The first-order chi connectivity index (χ1) is 6.61. The van der Waals surface area contributed by atoms with Crippen molar-refractivity contribution in [2.45, 2.75) is 31.3 Å². The summed E-state index contributed by atoms with van der Waals surface area (Å²) in [6.07, 6.45) is 0. The van der Waals surface area contributed by atoms with Crippen molar-refractivity contribution < 1.29 is 0 Å². The Morgan fingerprint density at radius 3 is 2.29 bits per heavy atom. The van der Waals surface area contributed by atoms with Gasteiger partial charge in [-0.05, 0) is 26.3 Å². The lowest BCUT2D eigenvalue weighted by Crippen LogP contribution is -2.00. The zero-order valence-corrected chi connectivity index (χ0v) is 9.97. The minimum atomic E-state index is 0.533. The lowest BCUT2D eigenvalue weighted by atomic mass is 10.2. The van der Waals surface area contributed by atoms with E-state index in [0.29, 0.717) is 10.5 Å². The summed E-state index contributed by atoms with van der Waals surface area (Å²) in [5.74, 6) is 0. The zero-order valence-electron chi connectivity index (χ0n) is 9.16. The molecule has 1 aromatic rings. The fourth-order valence-corrected chi connectivity index (χ4v) is 2.38. The predicted molar refractivity (Wildman–Crippen MR) is 66.7 cm³/mol. The maximum Gasteiger partial charge on any atom is 0.0274 e. The summed E-state index contributed by atoms with van der Waals surface area (Å²) in [6, 6.07) is 10.6. The van der Waals surface area contributed by atoms with Gasteiger partial charge in [-0.2, -0.15) is 0 Å². The Labute approximate surface area is 91.4 Å². The molecule has 0 bridgehead atoms. The monoisotopic (exact) mass is 206 g/mol. The van der Waals surface area contributed by atoms with Crippen molar-refractivity contribution in [3.8, 4) is 0 Å². The Hall–Kier alpha value is -0.690. The van der Waals surface area contributed by atoms with Crippen LogP contribution in [0.1, 0.15) is 31.6 Å². The van der Waals surface area contributed by atoms with Crippen molar-refractivity contribution in [1.29, 1.82) is 0 Å². The van der Waals surface area contributed by atoms with Gasteiger partial charge in [-0.3, -0.25) is 0 Å². The van der Waals surface area contributed by atoms with E-state index < -0.39 is 0 Å². The van der Waals surface area contributed by atoms with Crippen LogP contribution in [0.25, 0.3) is 0 Å². The van der Waals surface area contributed by atoms with Gasteiger partial charge in [0.1, 0.15) is 0 Å². The maximum atomic E-state index is 3.98. The zero-order chi connectivity index (χ0) is 10.6. The number of thioether (sulfide) groups is 1. The normalized spacial score (nSPS) is 14.8. The molecule has 2 unspecified atom stereocenters. The Balaban J connectivity index is 2.59. The van der Waals surface area contributed by atoms with Crippen molar-refractivity contribution in [1.82, 2.24) is 0 Å². The molecular formula is C13H18S. The molecule has 14 heavy (non-hydrogen) atoms. The third-order valence-electron chi connectivity index (χ3n) is 2.37. The molecule has 0 aliphatic heterocycles. The van der Waals surface area contributed by atoms with Gasteiger partial charge in [0, 0.05) is 10.5 Å². The highest BCUT2D eigenvalue weighted by Gasteiger charge is 2.10. The highest BCUT2D eigenvalue weighted by atomic mass is 32.2. The number of hydrogen-bond donors (Lipinski definition) is 0. The Morgan fingerprint density at radius 1 is 1.21 bits per heavy atom. The lowest BCUT2D eigenvalue weighted by Gasteiger charge is -2.17. The van der Waals surface area contributed by atoms with Crippen LogP contribution in [0.5, 0.6) is 0 Å². The third-order valence-corrected chi connectivity index (χ3v) is 3.86. The van der Waals surface area contributed by atoms with Gasteiger partial charge in [0.2, 0.25) is 0 Å². The Kier molecular flexibility index (Phi) is 4.27. The van der Waals surface area contributed by atoms with Gasteiger partial charge < -0.3 is 0 Å². The van der Waals surface area contributed by atoms with E-state index in [2.05, 4.69) is 57.7 Å². The third kappa shape index (κ3) is 3.22. The number of rotatable bonds is 4.